The Bertz CT molecular complexity index is 763. The van der Waals surface area contributed by atoms with Crippen molar-refractivity contribution in [1.82, 2.24) is 10.3 Å². The van der Waals surface area contributed by atoms with Crippen LogP contribution in [-0.2, 0) is 6.42 Å². The summed E-state index contributed by atoms with van der Waals surface area (Å²) in [6.07, 6.45) is 19.6. The van der Waals surface area contributed by atoms with E-state index in [2.05, 4.69) is 79.4 Å². The standard InChI is InChI=1S/C13H22N4S.C13H20.C2H6/c1-2-3-6-12-17-11(9-18-12)13(14)16-10-5-4-7-15-8-10;1-5-8-9-11-12(4)13(7-3)10-6-2;1-2/h9-10,15H,2-8H2,1H3,(H2,14,16);6-11H,5H2,1-4H3;1-2H3/b;9-8+,10-6-,12-11-,13-7-;. The molecule has 0 radical (unpaired) electrons. The number of nitrogens with two attached hydrogens (primary N) is 1. The lowest BCUT2D eigenvalue weighted by atomic mass is 10.1. The molecule has 5 heteroatoms. The topological polar surface area (TPSA) is 63.3 Å². The first-order chi connectivity index (χ1) is 16.0. The van der Waals surface area contributed by atoms with Crippen molar-refractivity contribution in [3.05, 3.63) is 63.7 Å². The Morgan fingerprint density at radius 1 is 1.30 bits per heavy atom. The number of hydrogen-bond acceptors (Lipinski definition) is 4. The van der Waals surface area contributed by atoms with E-state index in [0.717, 1.165) is 38.0 Å². The molecule has 1 atom stereocenters. The minimum Gasteiger partial charge on any atom is -0.382 e. The highest BCUT2D eigenvalue weighted by molar-refractivity contribution is 7.09. The third-order valence-electron chi connectivity index (χ3n) is 4.98. The summed E-state index contributed by atoms with van der Waals surface area (Å²) in [5.74, 6) is 0.600. The summed E-state index contributed by atoms with van der Waals surface area (Å²) in [4.78, 5) is 9.13. The monoisotopic (exact) mass is 472 g/mol. The maximum atomic E-state index is 6.03. The van der Waals surface area contributed by atoms with Crippen molar-refractivity contribution in [3.63, 3.8) is 0 Å². The predicted octanol–water partition coefficient (Wildman–Crippen LogP) is 7.39. The van der Waals surface area contributed by atoms with Gasteiger partial charge in [-0.3, -0.25) is 4.99 Å². The molecule has 4 nitrogen and oxygen atoms in total. The highest BCUT2D eigenvalue weighted by atomic mass is 32.1. The summed E-state index contributed by atoms with van der Waals surface area (Å²) in [6.45, 7) is 16.6. The minimum absolute atomic E-state index is 0.319. The van der Waals surface area contributed by atoms with Crippen molar-refractivity contribution in [3.8, 4) is 0 Å². The Kier molecular flexibility index (Phi) is 19.4. The van der Waals surface area contributed by atoms with Crippen LogP contribution in [0.5, 0.6) is 0 Å². The Labute approximate surface area is 207 Å². The number of nitrogens with zero attached hydrogens (tertiary/aromatic N) is 2. The normalized spacial score (nSPS) is 17.5. The van der Waals surface area contributed by atoms with Gasteiger partial charge in [0.05, 0.1) is 11.0 Å². The fraction of sp³-hybridized carbons (Fsp3) is 0.571. The van der Waals surface area contributed by atoms with Gasteiger partial charge in [0, 0.05) is 11.9 Å². The quantitative estimate of drug-likeness (QED) is 0.224. The van der Waals surface area contributed by atoms with E-state index < -0.39 is 0 Å². The van der Waals surface area contributed by atoms with Crippen LogP contribution >= 0.6 is 11.3 Å². The van der Waals surface area contributed by atoms with E-state index in [-0.39, 0.29) is 0 Å². The fourth-order valence-corrected chi connectivity index (χ4v) is 3.99. The molecule has 33 heavy (non-hydrogen) atoms. The van der Waals surface area contributed by atoms with Crippen LogP contribution in [0.1, 0.15) is 91.3 Å². The maximum absolute atomic E-state index is 6.03. The minimum atomic E-state index is 0.319. The molecule has 1 aromatic heterocycles. The molecular weight excluding hydrogens is 424 g/mol. The lowest BCUT2D eigenvalue weighted by Gasteiger charge is -2.19. The number of piperidine rings is 1. The summed E-state index contributed by atoms with van der Waals surface area (Å²) in [6, 6.07) is 0.319. The number of nitrogens with one attached hydrogen (secondary N) is 1. The lowest BCUT2D eigenvalue weighted by Crippen LogP contribution is -2.34. The zero-order valence-electron chi connectivity index (χ0n) is 22.2. The molecule has 0 saturated carbocycles. The summed E-state index contributed by atoms with van der Waals surface area (Å²) < 4.78 is 0. The first-order valence-corrected chi connectivity index (χ1v) is 13.5. The fourth-order valence-electron chi connectivity index (χ4n) is 3.16. The van der Waals surface area contributed by atoms with Gasteiger partial charge in [0.1, 0.15) is 11.5 Å². The van der Waals surface area contributed by atoms with Gasteiger partial charge in [0.25, 0.3) is 0 Å². The summed E-state index contributed by atoms with van der Waals surface area (Å²) in [7, 11) is 0. The molecule has 1 saturated heterocycles. The van der Waals surface area contributed by atoms with Crippen LogP contribution in [0.15, 0.2) is 58.0 Å². The average molecular weight is 473 g/mol. The van der Waals surface area contributed by atoms with Crippen molar-refractivity contribution in [1.29, 1.82) is 0 Å². The molecule has 1 unspecified atom stereocenters. The Morgan fingerprint density at radius 2 is 2.06 bits per heavy atom. The highest BCUT2D eigenvalue weighted by Gasteiger charge is 2.13. The zero-order chi connectivity index (χ0) is 24.9. The lowest BCUT2D eigenvalue weighted by molar-refractivity contribution is 0.461. The Balaban J connectivity index is 0.000000608. The molecule has 1 aromatic rings. The number of thiazole rings is 1. The number of aromatic nitrogens is 1. The van der Waals surface area contributed by atoms with E-state index in [0.29, 0.717) is 11.9 Å². The molecule has 3 N–H and O–H groups in total. The van der Waals surface area contributed by atoms with E-state index >= 15 is 0 Å². The number of rotatable bonds is 9. The van der Waals surface area contributed by atoms with Gasteiger partial charge in [-0.25, -0.2) is 4.98 Å². The summed E-state index contributed by atoms with van der Waals surface area (Å²) in [5.41, 5.74) is 9.50. The van der Waals surface area contributed by atoms with Crippen LogP contribution in [0.2, 0.25) is 0 Å². The molecule has 0 amide bonds. The molecule has 1 fully saturated rings. The van der Waals surface area contributed by atoms with Crippen molar-refractivity contribution < 1.29 is 0 Å². The molecule has 0 aromatic carbocycles. The first kappa shape index (κ1) is 31.0. The highest BCUT2D eigenvalue weighted by Crippen LogP contribution is 2.14. The molecule has 2 rings (SSSR count). The average Bonchev–Trinajstić information content (AvgIpc) is 3.33. The van der Waals surface area contributed by atoms with Gasteiger partial charge in [-0.2, -0.15) is 0 Å². The third-order valence-corrected chi connectivity index (χ3v) is 5.89. The van der Waals surface area contributed by atoms with E-state index in [1.54, 1.807) is 11.3 Å². The van der Waals surface area contributed by atoms with E-state index in [1.807, 2.05) is 26.2 Å². The maximum Gasteiger partial charge on any atom is 0.145 e. The van der Waals surface area contributed by atoms with Crippen LogP contribution in [0.25, 0.3) is 0 Å². The summed E-state index contributed by atoms with van der Waals surface area (Å²) in [5, 5.41) is 6.55. The molecule has 0 aliphatic carbocycles. The summed E-state index contributed by atoms with van der Waals surface area (Å²) >= 11 is 1.69. The Hall–Kier alpha value is -1.98. The molecular formula is C28H48N4S. The van der Waals surface area contributed by atoms with Crippen LogP contribution < -0.4 is 11.1 Å². The van der Waals surface area contributed by atoms with E-state index in [9.17, 15) is 0 Å². The van der Waals surface area contributed by atoms with Gasteiger partial charge in [-0.05, 0) is 70.6 Å². The van der Waals surface area contributed by atoms with Crippen LogP contribution in [0, 0.1) is 0 Å². The van der Waals surface area contributed by atoms with Gasteiger partial charge >= 0.3 is 0 Å². The second kappa shape index (κ2) is 20.6. The van der Waals surface area contributed by atoms with Crippen LogP contribution in [-0.4, -0.2) is 30.0 Å². The van der Waals surface area contributed by atoms with E-state index in [1.165, 1.54) is 35.4 Å². The molecule has 0 spiro atoms. The van der Waals surface area contributed by atoms with Gasteiger partial charge in [-0.1, -0.05) is 70.6 Å². The van der Waals surface area contributed by atoms with E-state index in [4.69, 9.17) is 5.73 Å². The third kappa shape index (κ3) is 14.0. The van der Waals surface area contributed by atoms with Crippen molar-refractivity contribution in [2.24, 2.45) is 10.7 Å². The van der Waals surface area contributed by atoms with Crippen LogP contribution in [0.3, 0.4) is 0 Å². The first-order valence-electron chi connectivity index (χ1n) is 12.7. The van der Waals surface area contributed by atoms with Crippen LogP contribution in [0.4, 0.5) is 0 Å². The van der Waals surface area contributed by atoms with Crippen molar-refractivity contribution >= 4 is 17.2 Å². The largest absolute Gasteiger partial charge is 0.382 e. The second-order valence-electron chi connectivity index (χ2n) is 7.67. The van der Waals surface area contributed by atoms with Gasteiger partial charge < -0.3 is 11.1 Å². The smallest absolute Gasteiger partial charge is 0.145 e. The Morgan fingerprint density at radius 3 is 2.64 bits per heavy atom. The molecule has 1 aliphatic heterocycles. The predicted molar refractivity (Wildman–Crippen MR) is 150 cm³/mol. The number of unbranched alkanes of at least 4 members (excludes halogenated alkanes) is 1. The number of amidine groups is 1. The molecule has 0 bridgehead atoms. The van der Waals surface area contributed by atoms with Crippen molar-refractivity contribution in [2.75, 3.05) is 13.1 Å². The number of allylic oxidation sites excluding steroid dienone is 8. The number of aliphatic imine (C=N–C) groups is 1. The SMILES string of the molecule is CC.CCCCc1nc(C(N)=NC2CCCNC2)cs1.C\C=C/C(=C/C)C(/C)=C\C=C\CC. The van der Waals surface area contributed by atoms with Gasteiger partial charge in [0.15, 0.2) is 0 Å². The molecule has 2 heterocycles. The van der Waals surface area contributed by atoms with Crippen molar-refractivity contribution in [2.45, 2.75) is 93.0 Å². The molecule has 186 valence electrons. The molecule has 1 aliphatic rings. The van der Waals surface area contributed by atoms with Gasteiger partial charge in [-0.15, -0.1) is 11.3 Å². The number of aryl methyl sites for hydroxylation is 1. The number of hydrogen-bond donors (Lipinski definition) is 2. The zero-order valence-corrected chi connectivity index (χ0v) is 23.0. The van der Waals surface area contributed by atoms with Gasteiger partial charge in [0.2, 0.25) is 0 Å². The second-order valence-corrected chi connectivity index (χ2v) is 8.62.